The molecular formula is C13H12ClN3S. The number of aromatic nitrogens is 1. The average molecular weight is 278 g/mol. The van der Waals surface area contributed by atoms with E-state index in [0.717, 1.165) is 16.9 Å². The highest BCUT2D eigenvalue weighted by Crippen LogP contribution is 2.20. The van der Waals surface area contributed by atoms with Crippen molar-refractivity contribution in [3.05, 3.63) is 52.7 Å². The minimum atomic E-state index is 0.356. The standard InChI is InChI=1S/C13H12ClN3S/c1-8-5-9(13(15)18)6-12(16-8)17-11-4-2-3-10(14)7-11/h2-7H,1H3,(H2,15,18)(H,16,17). The lowest BCUT2D eigenvalue weighted by molar-refractivity contribution is 1.19. The first kappa shape index (κ1) is 12.8. The van der Waals surface area contributed by atoms with Gasteiger partial charge in [-0.25, -0.2) is 4.98 Å². The number of hydrogen-bond acceptors (Lipinski definition) is 3. The Morgan fingerprint density at radius 3 is 2.78 bits per heavy atom. The summed E-state index contributed by atoms with van der Waals surface area (Å²) < 4.78 is 0. The lowest BCUT2D eigenvalue weighted by Gasteiger charge is -2.08. The van der Waals surface area contributed by atoms with Crippen LogP contribution in [0.3, 0.4) is 0 Å². The minimum Gasteiger partial charge on any atom is -0.389 e. The number of thiocarbonyl (C=S) groups is 1. The van der Waals surface area contributed by atoms with E-state index in [-0.39, 0.29) is 0 Å². The van der Waals surface area contributed by atoms with E-state index in [9.17, 15) is 0 Å². The van der Waals surface area contributed by atoms with Gasteiger partial charge in [-0.05, 0) is 37.3 Å². The van der Waals surface area contributed by atoms with Gasteiger partial charge in [0.15, 0.2) is 0 Å². The summed E-state index contributed by atoms with van der Waals surface area (Å²) in [5.41, 5.74) is 8.14. The second-order valence-corrected chi connectivity index (χ2v) is 4.76. The third-order valence-electron chi connectivity index (χ3n) is 2.33. The number of nitrogens with zero attached hydrogens (tertiary/aromatic N) is 1. The molecule has 3 N–H and O–H groups in total. The van der Waals surface area contributed by atoms with Crippen LogP contribution in [0.5, 0.6) is 0 Å². The summed E-state index contributed by atoms with van der Waals surface area (Å²) >= 11 is 10.9. The zero-order valence-corrected chi connectivity index (χ0v) is 11.3. The van der Waals surface area contributed by atoms with Crippen molar-refractivity contribution in [1.82, 2.24) is 4.98 Å². The molecule has 0 radical (unpaired) electrons. The SMILES string of the molecule is Cc1cc(C(N)=S)cc(Nc2cccc(Cl)c2)n1. The van der Waals surface area contributed by atoms with Crippen molar-refractivity contribution in [3.63, 3.8) is 0 Å². The maximum atomic E-state index is 5.92. The molecule has 0 aliphatic carbocycles. The molecule has 0 aliphatic rings. The van der Waals surface area contributed by atoms with Crippen molar-refractivity contribution < 1.29 is 0 Å². The summed E-state index contributed by atoms with van der Waals surface area (Å²) in [5, 5.41) is 3.84. The molecule has 0 unspecified atom stereocenters. The number of pyridine rings is 1. The molecule has 1 aromatic carbocycles. The summed E-state index contributed by atoms with van der Waals surface area (Å²) in [4.78, 5) is 4.73. The molecule has 0 saturated heterocycles. The fourth-order valence-electron chi connectivity index (χ4n) is 1.59. The molecule has 0 spiro atoms. The van der Waals surface area contributed by atoms with Gasteiger partial charge < -0.3 is 11.1 Å². The van der Waals surface area contributed by atoms with E-state index in [4.69, 9.17) is 29.6 Å². The van der Waals surface area contributed by atoms with Crippen LogP contribution in [-0.2, 0) is 0 Å². The second kappa shape index (κ2) is 5.33. The van der Waals surface area contributed by atoms with Crippen LogP contribution in [-0.4, -0.2) is 9.97 Å². The Bertz CT molecular complexity index is 599. The Balaban J connectivity index is 2.31. The van der Waals surface area contributed by atoms with Crippen LogP contribution in [0.15, 0.2) is 36.4 Å². The van der Waals surface area contributed by atoms with Crippen LogP contribution in [0.4, 0.5) is 11.5 Å². The highest BCUT2D eigenvalue weighted by atomic mass is 35.5. The molecule has 0 bridgehead atoms. The predicted molar refractivity (Wildman–Crippen MR) is 79.6 cm³/mol. The van der Waals surface area contributed by atoms with E-state index in [1.165, 1.54) is 0 Å². The van der Waals surface area contributed by atoms with E-state index in [1.54, 1.807) is 0 Å². The summed E-state index contributed by atoms with van der Waals surface area (Å²) in [6, 6.07) is 11.1. The maximum Gasteiger partial charge on any atom is 0.131 e. The predicted octanol–water partition coefficient (Wildman–Crippen LogP) is 3.42. The first-order valence-corrected chi connectivity index (χ1v) is 6.14. The number of benzene rings is 1. The summed E-state index contributed by atoms with van der Waals surface area (Å²) in [6.45, 7) is 1.89. The minimum absolute atomic E-state index is 0.356. The smallest absolute Gasteiger partial charge is 0.131 e. The van der Waals surface area contributed by atoms with Crippen molar-refractivity contribution in [1.29, 1.82) is 0 Å². The van der Waals surface area contributed by atoms with Crippen molar-refractivity contribution in [3.8, 4) is 0 Å². The van der Waals surface area contributed by atoms with Gasteiger partial charge in [0.05, 0.1) is 0 Å². The normalized spacial score (nSPS) is 10.1. The molecule has 1 aromatic heterocycles. The van der Waals surface area contributed by atoms with Crippen LogP contribution in [0.25, 0.3) is 0 Å². The van der Waals surface area contributed by atoms with E-state index in [0.29, 0.717) is 15.8 Å². The number of anilines is 2. The fraction of sp³-hybridized carbons (Fsp3) is 0.0769. The third-order valence-corrected chi connectivity index (χ3v) is 2.81. The van der Waals surface area contributed by atoms with Crippen molar-refractivity contribution in [2.24, 2.45) is 5.73 Å². The van der Waals surface area contributed by atoms with Gasteiger partial charge in [0, 0.05) is 22.0 Å². The molecule has 0 aliphatic heterocycles. The zero-order chi connectivity index (χ0) is 13.1. The number of nitrogens with two attached hydrogens (primary N) is 1. The number of aryl methyl sites for hydroxylation is 1. The van der Waals surface area contributed by atoms with Gasteiger partial charge in [-0.1, -0.05) is 29.9 Å². The fourth-order valence-corrected chi connectivity index (χ4v) is 1.90. The molecule has 2 aromatic rings. The van der Waals surface area contributed by atoms with Crippen molar-refractivity contribution in [2.45, 2.75) is 6.92 Å². The van der Waals surface area contributed by atoms with E-state index < -0.39 is 0 Å². The number of nitrogens with one attached hydrogen (secondary N) is 1. The summed E-state index contributed by atoms with van der Waals surface area (Å²) in [7, 11) is 0. The van der Waals surface area contributed by atoms with Crippen LogP contribution in [0.2, 0.25) is 5.02 Å². The topological polar surface area (TPSA) is 50.9 Å². The molecule has 18 heavy (non-hydrogen) atoms. The number of hydrogen-bond donors (Lipinski definition) is 2. The van der Waals surface area contributed by atoms with Crippen LogP contribution in [0.1, 0.15) is 11.3 Å². The zero-order valence-electron chi connectivity index (χ0n) is 9.77. The van der Waals surface area contributed by atoms with Crippen molar-refractivity contribution in [2.75, 3.05) is 5.32 Å². The summed E-state index contributed by atoms with van der Waals surface area (Å²) in [6.07, 6.45) is 0. The Kier molecular flexibility index (Phi) is 3.79. The van der Waals surface area contributed by atoms with Gasteiger partial charge in [-0.2, -0.15) is 0 Å². The molecule has 5 heteroatoms. The highest BCUT2D eigenvalue weighted by Gasteiger charge is 2.03. The summed E-state index contributed by atoms with van der Waals surface area (Å²) in [5.74, 6) is 0.695. The Morgan fingerprint density at radius 2 is 2.11 bits per heavy atom. The molecule has 3 nitrogen and oxygen atoms in total. The quantitative estimate of drug-likeness (QED) is 0.844. The molecule has 2 rings (SSSR count). The molecular weight excluding hydrogens is 266 g/mol. The Hall–Kier alpha value is -1.65. The van der Waals surface area contributed by atoms with Gasteiger partial charge in [0.2, 0.25) is 0 Å². The number of rotatable bonds is 3. The van der Waals surface area contributed by atoms with Crippen LogP contribution in [0, 0.1) is 6.92 Å². The number of halogens is 1. The first-order valence-electron chi connectivity index (χ1n) is 5.36. The molecule has 0 fully saturated rings. The Labute approximate surface area is 116 Å². The van der Waals surface area contributed by atoms with Gasteiger partial charge in [0.1, 0.15) is 10.8 Å². The first-order chi connectivity index (χ1) is 8.54. The van der Waals surface area contributed by atoms with Gasteiger partial charge in [-0.15, -0.1) is 0 Å². The van der Waals surface area contributed by atoms with E-state index in [2.05, 4.69) is 10.3 Å². The van der Waals surface area contributed by atoms with Gasteiger partial charge >= 0.3 is 0 Å². The Morgan fingerprint density at radius 1 is 1.33 bits per heavy atom. The highest BCUT2D eigenvalue weighted by molar-refractivity contribution is 7.80. The third kappa shape index (κ3) is 3.18. The van der Waals surface area contributed by atoms with E-state index >= 15 is 0 Å². The van der Waals surface area contributed by atoms with Crippen molar-refractivity contribution >= 4 is 40.3 Å². The lowest BCUT2D eigenvalue weighted by atomic mass is 10.2. The second-order valence-electron chi connectivity index (χ2n) is 3.88. The molecule has 0 saturated carbocycles. The monoisotopic (exact) mass is 277 g/mol. The maximum absolute atomic E-state index is 5.92. The van der Waals surface area contributed by atoms with E-state index in [1.807, 2.05) is 43.3 Å². The van der Waals surface area contributed by atoms with Gasteiger partial charge in [-0.3, -0.25) is 0 Å². The molecule has 92 valence electrons. The molecule has 0 amide bonds. The largest absolute Gasteiger partial charge is 0.389 e. The molecule has 1 heterocycles. The van der Waals surface area contributed by atoms with Gasteiger partial charge in [0.25, 0.3) is 0 Å². The van der Waals surface area contributed by atoms with Crippen LogP contribution >= 0.6 is 23.8 Å². The van der Waals surface area contributed by atoms with Crippen LogP contribution < -0.4 is 11.1 Å². The average Bonchev–Trinajstić information content (AvgIpc) is 2.28. The molecule has 0 atom stereocenters. The lowest BCUT2D eigenvalue weighted by Crippen LogP contribution is -2.10.